The van der Waals surface area contributed by atoms with E-state index in [0.29, 0.717) is 19.4 Å². The summed E-state index contributed by atoms with van der Waals surface area (Å²) in [6.45, 7) is 4.24. The number of benzene rings is 1. The molecule has 100 valence electrons. The highest BCUT2D eigenvalue weighted by Crippen LogP contribution is 2.32. The Morgan fingerprint density at radius 2 is 2.11 bits per heavy atom. The second-order valence-electron chi connectivity index (χ2n) is 4.84. The molecule has 0 aliphatic carbocycles. The van der Waals surface area contributed by atoms with E-state index in [0.717, 1.165) is 30.9 Å². The van der Waals surface area contributed by atoms with Crippen LogP contribution < -0.4 is 15.2 Å². The van der Waals surface area contributed by atoms with Crippen LogP contribution in [0.4, 0.5) is 0 Å². The molecule has 1 aromatic carbocycles. The minimum Gasteiger partial charge on any atom is -0.454 e. The maximum atomic E-state index is 5.56. The molecule has 2 N–H and O–H groups in total. The molecule has 0 saturated carbocycles. The molecule has 1 atom stereocenters. The number of hydrogen-bond acceptors (Lipinski definition) is 4. The molecule has 0 saturated heterocycles. The molecule has 1 unspecified atom stereocenters. The minimum atomic E-state index is 0.342. The van der Waals surface area contributed by atoms with Gasteiger partial charge in [-0.15, -0.1) is 0 Å². The van der Waals surface area contributed by atoms with Crippen LogP contribution in [0, 0.1) is 0 Å². The van der Waals surface area contributed by atoms with E-state index in [1.54, 1.807) is 0 Å². The van der Waals surface area contributed by atoms with Crippen molar-refractivity contribution >= 4 is 0 Å². The zero-order chi connectivity index (χ0) is 13.0. The molecule has 0 aromatic heterocycles. The topological polar surface area (TPSA) is 47.7 Å². The largest absolute Gasteiger partial charge is 0.454 e. The zero-order valence-electron chi connectivity index (χ0n) is 11.2. The predicted molar refractivity (Wildman–Crippen MR) is 72.0 cm³/mol. The summed E-state index contributed by atoms with van der Waals surface area (Å²) >= 11 is 0. The van der Waals surface area contributed by atoms with Crippen molar-refractivity contribution < 1.29 is 9.47 Å². The summed E-state index contributed by atoms with van der Waals surface area (Å²) in [5.74, 6) is 1.72. The molecule has 18 heavy (non-hydrogen) atoms. The van der Waals surface area contributed by atoms with Gasteiger partial charge in [-0.1, -0.05) is 6.07 Å². The van der Waals surface area contributed by atoms with Gasteiger partial charge in [-0.05, 0) is 44.5 Å². The minimum absolute atomic E-state index is 0.342. The van der Waals surface area contributed by atoms with Gasteiger partial charge in [-0.2, -0.15) is 0 Å². The second kappa shape index (κ2) is 6.07. The third-order valence-corrected chi connectivity index (χ3v) is 3.52. The standard InChI is InChI=1S/C14H22N2O2/c1-11(16(2)8-7-15)3-4-12-5-6-13-14(9-12)18-10-17-13/h5-6,9,11H,3-4,7-8,10,15H2,1-2H3. The number of hydrogen-bond donors (Lipinski definition) is 1. The molecular formula is C14H22N2O2. The van der Waals surface area contributed by atoms with E-state index < -0.39 is 0 Å². The summed E-state index contributed by atoms with van der Waals surface area (Å²) < 4.78 is 10.7. The molecule has 0 radical (unpaired) electrons. The number of rotatable bonds is 6. The molecule has 0 spiro atoms. The van der Waals surface area contributed by atoms with Gasteiger partial charge in [0.05, 0.1) is 0 Å². The van der Waals surface area contributed by atoms with Crippen LogP contribution in [-0.4, -0.2) is 37.9 Å². The highest BCUT2D eigenvalue weighted by molar-refractivity contribution is 5.44. The summed E-state index contributed by atoms with van der Waals surface area (Å²) in [4.78, 5) is 2.30. The fourth-order valence-electron chi connectivity index (χ4n) is 2.12. The molecule has 0 fully saturated rings. The van der Waals surface area contributed by atoms with E-state index in [1.807, 2.05) is 6.07 Å². The molecule has 4 nitrogen and oxygen atoms in total. The summed E-state index contributed by atoms with van der Waals surface area (Å²) in [6.07, 6.45) is 2.17. The summed E-state index contributed by atoms with van der Waals surface area (Å²) in [6, 6.07) is 6.73. The lowest BCUT2D eigenvalue weighted by Crippen LogP contribution is -2.33. The number of fused-ring (bicyclic) bond motifs is 1. The first-order valence-electron chi connectivity index (χ1n) is 6.49. The van der Waals surface area contributed by atoms with Crippen LogP contribution >= 0.6 is 0 Å². The Morgan fingerprint density at radius 1 is 1.33 bits per heavy atom. The van der Waals surface area contributed by atoms with E-state index in [2.05, 4.69) is 31.0 Å². The third kappa shape index (κ3) is 3.15. The number of aryl methyl sites for hydroxylation is 1. The molecule has 4 heteroatoms. The lowest BCUT2D eigenvalue weighted by Gasteiger charge is -2.23. The van der Waals surface area contributed by atoms with Gasteiger partial charge >= 0.3 is 0 Å². The quantitative estimate of drug-likeness (QED) is 0.833. The van der Waals surface area contributed by atoms with Gasteiger partial charge in [-0.3, -0.25) is 0 Å². The summed E-state index contributed by atoms with van der Waals surface area (Å²) in [5, 5.41) is 0. The van der Waals surface area contributed by atoms with E-state index in [1.165, 1.54) is 5.56 Å². The van der Waals surface area contributed by atoms with E-state index in [-0.39, 0.29) is 0 Å². The van der Waals surface area contributed by atoms with Gasteiger partial charge in [0.1, 0.15) is 0 Å². The molecule has 1 aliphatic rings. The number of nitrogens with zero attached hydrogens (tertiary/aromatic N) is 1. The van der Waals surface area contributed by atoms with Gasteiger partial charge in [-0.25, -0.2) is 0 Å². The molecule has 1 heterocycles. The smallest absolute Gasteiger partial charge is 0.231 e. The van der Waals surface area contributed by atoms with Crippen molar-refractivity contribution in [2.75, 3.05) is 26.9 Å². The first-order valence-corrected chi connectivity index (χ1v) is 6.49. The van der Waals surface area contributed by atoms with Crippen LogP contribution in [0.15, 0.2) is 18.2 Å². The molecule has 2 rings (SSSR count). The first-order chi connectivity index (χ1) is 8.70. The highest BCUT2D eigenvalue weighted by Gasteiger charge is 2.14. The van der Waals surface area contributed by atoms with Crippen LogP contribution in [0.25, 0.3) is 0 Å². The third-order valence-electron chi connectivity index (χ3n) is 3.52. The van der Waals surface area contributed by atoms with Gasteiger partial charge < -0.3 is 20.1 Å². The fourth-order valence-corrected chi connectivity index (χ4v) is 2.12. The van der Waals surface area contributed by atoms with Crippen molar-refractivity contribution in [1.29, 1.82) is 0 Å². The normalized spacial score (nSPS) is 15.1. The molecular weight excluding hydrogens is 228 g/mol. The lowest BCUT2D eigenvalue weighted by molar-refractivity contribution is 0.174. The van der Waals surface area contributed by atoms with Crippen LogP contribution in [0.2, 0.25) is 0 Å². The highest BCUT2D eigenvalue weighted by atomic mass is 16.7. The maximum Gasteiger partial charge on any atom is 0.231 e. The van der Waals surface area contributed by atoms with Gasteiger partial charge in [0.2, 0.25) is 6.79 Å². The van der Waals surface area contributed by atoms with E-state index in [4.69, 9.17) is 15.2 Å². The zero-order valence-corrected chi connectivity index (χ0v) is 11.2. The van der Waals surface area contributed by atoms with Crippen molar-refractivity contribution in [3.05, 3.63) is 23.8 Å². The Kier molecular flexibility index (Phi) is 4.44. The van der Waals surface area contributed by atoms with Crippen molar-refractivity contribution in [1.82, 2.24) is 4.90 Å². The van der Waals surface area contributed by atoms with Gasteiger partial charge in [0.25, 0.3) is 0 Å². The molecule has 0 bridgehead atoms. The van der Waals surface area contributed by atoms with Crippen LogP contribution in [0.5, 0.6) is 11.5 Å². The van der Waals surface area contributed by atoms with Crippen molar-refractivity contribution in [2.24, 2.45) is 5.73 Å². The van der Waals surface area contributed by atoms with Crippen LogP contribution in [-0.2, 0) is 6.42 Å². The van der Waals surface area contributed by atoms with Crippen LogP contribution in [0.3, 0.4) is 0 Å². The fraction of sp³-hybridized carbons (Fsp3) is 0.571. The van der Waals surface area contributed by atoms with E-state index >= 15 is 0 Å². The Balaban J connectivity index is 1.86. The van der Waals surface area contributed by atoms with Crippen molar-refractivity contribution in [3.63, 3.8) is 0 Å². The molecule has 1 aliphatic heterocycles. The second-order valence-corrected chi connectivity index (χ2v) is 4.84. The van der Waals surface area contributed by atoms with Gasteiger partial charge in [0.15, 0.2) is 11.5 Å². The van der Waals surface area contributed by atoms with Crippen molar-refractivity contribution in [3.8, 4) is 11.5 Å². The Hall–Kier alpha value is -1.26. The average molecular weight is 250 g/mol. The SMILES string of the molecule is CC(CCc1ccc2c(c1)OCO2)N(C)CCN. The van der Waals surface area contributed by atoms with E-state index in [9.17, 15) is 0 Å². The van der Waals surface area contributed by atoms with Crippen LogP contribution in [0.1, 0.15) is 18.9 Å². The Labute approximate surface area is 109 Å². The first kappa shape index (κ1) is 13.2. The Morgan fingerprint density at radius 3 is 2.89 bits per heavy atom. The monoisotopic (exact) mass is 250 g/mol. The lowest BCUT2D eigenvalue weighted by atomic mass is 10.0. The summed E-state index contributed by atoms with van der Waals surface area (Å²) in [7, 11) is 2.12. The number of likely N-dealkylation sites (N-methyl/N-ethyl adjacent to an activating group) is 1. The molecule has 1 aromatic rings. The number of ether oxygens (including phenoxy) is 2. The molecule has 0 amide bonds. The van der Waals surface area contributed by atoms with Crippen molar-refractivity contribution in [2.45, 2.75) is 25.8 Å². The van der Waals surface area contributed by atoms with Gasteiger partial charge in [0, 0.05) is 19.1 Å². The average Bonchev–Trinajstić information content (AvgIpc) is 2.83. The summed E-state index contributed by atoms with van der Waals surface area (Å²) in [5.41, 5.74) is 6.86. The Bertz CT molecular complexity index is 395. The number of nitrogens with two attached hydrogens (primary N) is 1. The maximum absolute atomic E-state index is 5.56. The predicted octanol–water partition coefficient (Wildman–Crippen LogP) is 1.63.